The third-order valence-electron chi connectivity index (χ3n) is 3.77. The highest BCUT2D eigenvalue weighted by molar-refractivity contribution is 7.92. The smallest absolute Gasteiger partial charge is 0.255 e. The first-order valence-electron chi connectivity index (χ1n) is 7.61. The normalized spacial score (nSPS) is 14.2. The molecule has 5 nitrogen and oxygen atoms in total. The molecule has 1 saturated carbocycles. The van der Waals surface area contributed by atoms with E-state index in [-0.39, 0.29) is 23.0 Å². The summed E-state index contributed by atoms with van der Waals surface area (Å²) in [4.78, 5) is 12.3. The highest BCUT2D eigenvalue weighted by atomic mass is 32.2. The van der Waals surface area contributed by atoms with Crippen LogP contribution in [0.3, 0.4) is 0 Å². The Morgan fingerprint density at radius 2 is 1.80 bits per heavy atom. The molecule has 0 heterocycles. The van der Waals surface area contributed by atoms with Gasteiger partial charge in [-0.05, 0) is 49.2 Å². The van der Waals surface area contributed by atoms with Crippen molar-refractivity contribution in [2.75, 3.05) is 15.9 Å². The van der Waals surface area contributed by atoms with Gasteiger partial charge in [0.2, 0.25) is 10.0 Å². The van der Waals surface area contributed by atoms with Gasteiger partial charge in [-0.25, -0.2) is 17.2 Å². The highest BCUT2D eigenvalue weighted by Crippen LogP contribution is 2.38. The topological polar surface area (TPSA) is 66.5 Å². The Morgan fingerprint density at radius 1 is 1.12 bits per heavy atom. The lowest BCUT2D eigenvalue weighted by Crippen LogP contribution is -2.33. The number of sulfonamides is 1. The van der Waals surface area contributed by atoms with E-state index < -0.39 is 27.6 Å². The molecule has 0 saturated heterocycles. The van der Waals surface area contributed by atoms with Crippen LogP contribution in [0.1, 0.15) is 23.2 Å². The van der Waals surface area contributed by atoms with Crippen LogP contribution in [-0.4, -0.2) is 26.6 Å². The first-order valence-corrected chi connectivity index (χ1v) is 9.46. The zero-order valence-corrected chi connectivity index (χ0v) is 14.2. The molecule has 25 heavy (non-hydrogen) atoms. The maximum atomic E-state index is 13.7. The molecule has 0 bridgehead atoms. The zero-order chi connectivity index (χ0) is 18.2. The SMILES string of the molecule is CS(=O)(=O)N(c1ccc(F)cc1NC(=O)c1cccc(F)c1)C1CC1. The van der Waals surface area contributed by atoms with Gasteiger partial charge in [0.1, 0.15) is 11.6 Å². The number of hydrogen-bond acceptors (Lipinski definition) is 3. The van der Waals surface area contributed by atoms with E-state index >= 15 is 0 Å². The summed E-state index contributed by atoms with van der Waals surface area (Å²) in [6, 6.07) is 8.32. The number of anilines is 2. The van der Waals surface area contributed by atoms with Crippen molar-refractivity contribution in [1.29, 1.82) is 0 Å². The first-order chi connectivity index (χ1) is 11.8. The van der Waals surface area contributed by atoms with E-state index in [9.17, 15) is 22.0 Å². The van der Waals surface area contributed by atoms with Crippen molar-refractivity contribution in [1.82, 2.24) is 0 Å². The maximum absolute atomic E-state index is 13.7. The van der Waals surface area contributed by atoms with Crippen molar-refractivity contribution in [3.8, 4) is 0 Å². The van der Waals surface area contributed by atoms with Crippen LogP contribution in [0.25, 0.3) is 0 Å². The fourth-order valence-electron chi connectivity index (χ4n) is 2.58. The molecule has 132 valence electrons. The summed E-state index contributed by atoms with van der Waals surface area (Å²) in [5.74, 6) is -1.86. The Hall–Kier alpha value is -2.48. The van der Waals surface area contributed by atoms with Gasteiger partial charge < -0.3 is 5.32 Å². The number of amides is 1. The molecule has 3 rings (SSSR count). The van der Waals surface area contributed by atoms with E-state index in [1.54, 1.807) is 0 Å². The number of carbonyl (C=O) groups is 1. The molecule has 0 radical (unpaired) electrons. The van der Waals surface area contributed by atoms with Gasteiger partial charge in [0.25, 0.3) is 5.91 Å². The lowest BCUT2D eigenvalue weighted by atomic mass is 10.2. The number of nitrogens with zero attached hydrogens (tertiary/aromatic N) is 1. The van der Waals surface area contributed by atoms with Gasteiger partial charge in [0, 0.05) is 11.6 Å². The molecular weight excluding hydrogens is 350 g/mol. The average molecular weight is 366 g/mol. The van der Waals surface area contributed by atoms with Gasteiger partial charge in [0.15, 0.2) is 0 Å². The third kappa shape index (κ3) is 3.96. The fraction of sp³-hybridized carbons (Fsp3) is 0.235. The molecular formula is C17H16F2N2O3S. The van der Waals surface area contributed by atoms with E-state index in [0.29, 0.717) is 12.8 Å². The van der Waals surface area contributed by atoms with Gasteiger partial charge in [-0.1, -0.05) is 6.07 Å². The molecule has 8 heteroatoms. The monoisotopic (exact) mass is 366 g/mol. The summed E-state index contributed by atoms with van der Waals surface area (Å²) < 4.78 is 52.4. The summed E-state index contributed by atoms with van der Waals surface area (Å²) in [7, 11) is -3.60. The van der Waals surface area contributed by atoms with Crippen LogP contribution >= 0.6 is 0 Å². The predicted octanol–water partition coefficient (Wildman–Crippen LogP) is 3.15. The van der Waals surface area contributed by atoms with Crippen molar-refractivity contribution < 1.29 is 22.0 Å². The molecule has 0 aliphatic heterocycles. The minimum Gasteiger partial charge on any atom is -0.320 e. The van der Waals surface area contributed by atoms with Crippen LogP contribution in [0.4, 0.5) is 20.2 Å². The average Bonchev–Trinajstić information content (AvgIpc) is 3.33. The Kier molecular flexibility index (Phi) is 4.47. The van der Waals surface area contributed by atoms with Gasteiger partial charge in [-0.3, -0.25) is 9.10 Å². The molecule has 1 fully saturated rings. The van der Waals surface area contributed by atoms with Gasteiger partial charge in [-0.2, -0.15) is 0 Å². The molecule has 1 amide bonds. The van der Waals surface area contributed by atoms with Crippen molar-refractivity contribution in [3.63, 3.8) is 0 Å². The first kappa shape index (κ1) is 17.3. The molecule has 1 aliphatic rings. The molecule has 2 aromatic rings. The van der Waals surface area contributed by atoms with Crippen molar-refractivity contribution in [2.24, 2.45) is 0 Å². The van der Waals surface area contributed by atoms with Crippen LogP contribution in [0.15, 0.2) is 42.5 Å². The van der Waals surface area contributed by atoms with E-state index in [0.717, 1.165) is 24.5 Å². The standard InChI is InChI=1S/C17H16F2N2O3S/c1-25(23,24)21(14-6-7-14)16-8-5-13(19)10-15(16)20-17(22)11-3-2-4-12(18)9-11/h2-5,8-10,14H,6-7H2,1H3,(H,20,22). The van der Waals surface area contributed by atoms with Crippen LogP contribution < -0.4 is 9.62 Å². The third-order valence-corrected chi connectivity index (χ3v) is 4.98. The predicted molar refractivity (Wildman–Crippen MR) is 91.1 cm³/mol. The van der Waals surface area contributed by atoms with E-state index in [1.807, 2.05) is 0 Å². The van der Waals surface area contributed by atoms with E-state index in [4.69, 9.17) is 0 Å². The maximum Gasteiger partial charge on any atom is 0.255 e. The van der Waals surface area contributed by atoms with E-state index in [2.05, 4.69) is 5.32 Å². The molecule has 1 N–H and O–H groups in total. The number of benzene rings is 2. The van der Waals surface area contributed by atoms with Crippen molar-refractivity contribution in [2.45, 2.75) is 18.9 Å². The second kappa shape index (κ2) is 6.44. The molecule has 1 aliphatic carbocycles. The quantitative estimate of drug-likeness (QED) is 0.884. The van der Waals surface area contributed by atoms with Crippen molar-refractivity contribution in [3.05, 3.63) is 59.7 Å². The lowest BCUT2D eigenvalue weighted by molar-refractivity contribution is 0.102. The van der Waals surface area contributed by atoms with Crippen LogP contribution in [-0.2, 0) is 10.0 Å². The number of carbonyl (C=O) groups excluding carboxylic acids is 1. The molecule has 0 aromatic heterocycles. The Labute approximate surface area is 144 Å². The van der Waals surface area contributed by atoms with Crippen molar-refractivity contribution >= 4 is 27.3 Å². The van der Waals surface area contributed by atoms with Crippen LogP contribution in [0, 0.1) is 11.6 Å². The van der Waals surface area contributed by atoms with E-state index in [1.165, 1.54) is 28.6 Å². The lowest BCUT2D eigenvalue weighted by Gasteiger charge is -2.25. The van der Waals surface area contributed by atoms with Gasteiger partial charge in [-0.15, -0.1) is 0 Å². The molecule has 0 spiro atoms. The summed E-state index contributed by atoms with van der Waals surface area (Å²) in [6.45, 7) is 0. The number of hydrogen-bond donors (Lipinski definition) is 1. The Morgan fingerprint density at radius 3 is 2.40 bits per heavy atom. The second-order valence-electron chi connectivity index (χ2n) is 5.92. The summed E-state index contributed by atoms with van der Waals surface area (Å²) >= 11 is 0. The summed E-state index contributed by atoms with van der Waals surface area (Å²) in [6.07, 6.45) is 2.45. The second-order valence-corrected chi connectivity index (χ2v) is 7.78. The summed E-state index contributed by atoms with van der Waals surface area (Å²) in [5.41, 5.74) is 0.260. The zero-order valence-electron chi connectivity index (χ0n) is 13.4. The van der Waals surface area contributed by atoms with Gasteiger partial charge >= 0.3 is 0 Å². The molecule has 0 unspecified atom stereocenters. The van der Waals surface area contributed by atoms with Crippen LogP contribution in [0.5, 0.6) is 0 Å². The Bertz CT molecular complexity index is 927. The molecule has 2 aromatic carbocycles. The van der Waals surface area contributed by atoms with Crippen LogP contribution in [0.2, 0.25) is 0 Å². The molecule has 0 atom stereocenters. The summed E-state index contributed by atoms with van der Waals surface area (Å²) in [5, 5.41) is 2.48. The Balaban J connectivity index is 1.98. The fourth-order valence-corrected chi connectivity index (χ4v) is 3.85. The largest absolute Gasteiger partial charge is 0.320 e. The number of halogens is 2. The number of nitrogens with one attached hydrogen (secondary N) is 1. The minimum absolute atomic E-state index is 0.0200. The van der Waals surface area contributed by atoms with Gasteiger partial charge in [0.05, 0.1) is 17.6 Å². The highest BCUT2D eigenvalue weighted by Gasteiger charge is 2.36. The number of rotatable bonds is 5. The minimum atomic E-state index is -3.60.